The van der Waals surface area contributed by atoms with Gasteiger partial charge in [0.1, 0.15) is 11.5 Å². The van der Waals surface area contributed by atoms with Crippen molar-refractivity contribution >= 4 is 6.16 Å². The first-order valence-electron chi connectivity index (χ1n) is 7.40. The normalized spacial score (nSPS) is 10.2. The van der Waals surface area contributed by atoms with Gasteiger partial charge >= 0.3 is 6.16 Å². The Bertz CT molecular complexity index is 581. The highest BCUT2D eigenvalue weighted by atomic mass is 16.7. The Hall–Kier alpha value is -2.33. The summed E-state index contributed by atoms with van der Waals surface area (Å²) in [6, 6.07) is 16.1. The van der Waals surface area contributed by atoms with Crippen molar-refractivity contribution in [2.75, 3.05) is 6.61 Å². The molecule has 0 unspecified atom stereocenters. The van der Waals surface area contributed by atoms with Crippen LogP contribution in [0.25, 0.3) is 0 Å². The van der Waals surface area contributed by atoms with Crippen molar-refractivity contribution in [3.63, 3.8) is 0 Å². The van der Waals surface area contributed by atoms with E-state index in [0.717, 1.165) is 18.4 Å². The number of hydrogen-bond donors (Lipinski definition) is 0. The van der Waals surface area contributed by atoms with E-state index in [4.69, 9.17) is 14.2 Å². The zero-order valence-electron chi connectivity index (χ0n) is 12.7. The van der Waals surface area contributed by atoms with E-state index >= 15 is 0 Å². The van der Waals surface area contributed by atoms with Crippen LogP contribution in [-0.2, 0) is 11.3 Å². The SMILES string of the molecule is CCCCOCc1ccccc1OC(=O)Oc1ccccc1. The average molecular weight is 300 g/mol. The number of hydrogen-bond acceptors (Lipinski definition) is 4. The lowest BCUT2D eigenvalue weighted by Crippen LogP contribution is -2.14. The van der Waals surface area contributed by atoms with Crippen LogP contribution in [0.4, 0.5) is 4.79 Å². The summed E-state index contributed by atoms with van der Waals surface area (Å²) in [7, 11) is 0. The van der Waals surface area contributed by atoms with Gasteiger partial charge in [-0.25, -0.2) is 4.79 Å². The zero-order valence-corrected chi connectivity index (χ0v) is 12.7. The summed E-state index contributed by atoms with van der Waals surface area (Å²) in [4.78, 5) is 11.8. The quantitative estimate of drug-likeness (QED) is 0.426. The fourth-order valence-corrected chi connectivity index (χ4v) is 1.85. The van der Waals surface area contributed by atoms with Gasteiger partial charge in [-0.2, -0.15) is 0 Å². The summed E-state index contributed by atoms with van der Waals surface area (Å²) >= 11 is 0. The minimum Gasteiger partial charge on any atom is -0.395 e. The molecule has 0 radical (unpaired) electrons. The molecule has 0 saturated heterocycles. The van der Waals surface area contributed by atoms with Gasteiger partial charge in [-0.05, 0) is 24.6 Å². The van der Waals surface area contributed by atoms with Gasteiger partial charge in [0.15, 0.2) is 0 Å². The first-order valence-corrected chi connectivity index (χ1v) is 7.40. The lowest BCUT2D eigenvalue weighted by Gasteiger charge is -2.10. The van der Waals surface area contributed by atoms with Crippen LogP contribution in [0.2, 0.25) is 0 Å². The molecule has 2 aromatic rings. The van der Waals surface area contributed by atoms with E-state index in [2.05, 4.69) is 6.92 Å². The van der Waals surface area contributed by atoms with Crippen LogP contribution in [0.1, 0.15) is 25.3 Å². The van der Waals surface area contributed by atoms with E-state index in [1.165, 1.54) is 0 Å². The van der Waals surface area contributed by atoms with Gasteiger partial charge < -0.3 is 14.2 Å². The Morgan fingerprint density at radius 3 is 2.45 bits per heavy atom. The monoisotopic (exact) mass is 300 g/mol. The highest BCUT2D eigenvalue weighted by molar-refractivity contribution is 5.67. The molecule has 0 N–H and O–H groups in total. The van der Waals surface area contributed by atoms with Crippen LogP contribution >= 0.6 is 0 Å². The van der Waals surface area contributed by atoms with Gasteiger partial charge in [0.2, 0.25) is 0 Å². The molecule has 22 heavy (non-hydrogen) atoms. The predicted molar refractivity (Wildman–Crippen MR) is 84.1 cm³/mol. The second-order valence-corrected chi connectivity index (χ2v) is 4.78. The van der Waals surface area contributed by atoms with Gasteiger partial charge in [-0.1, -0.05) is 49.7 Å². The standard InChI is InChI=1S/C18H20O4/c1-2-3-13-20-14-15-9-7-8-12-17(15)22-18(19)21-16-10-5-4-6-11-16/h4-12H,2-3,13-14H2,1H3. The van der Waals surface area contributed by atoms with Crippen molar-refractivity contribution in [1.29, 1.82) is 0 Å². The second kappa shape index (κ2) is 8.85. The molecule has 0 aliphatic carbocycles. The molecule has 0 atom stereocenters. The maximum atomic E-state index is 11.8. The van der Waals surface area contributed by atoms with E-state index in [1.807, 2.05) is 18.2 Å². The van der Waals surface area contributed by atoms with Crippen molar-refractivity contribution < 1.29 is 19.0 Å². The summed E-state index contributed by atoms with van der Waals surface area (Å²) in [5.74, 6) is 0.907. The molecule has 2 rings (SSSR count). The number of ether oxygens (including phenoxy) is 3. The molecule has 0 aliphatic heterocycles. The minimum atomic E-state index is -0.757. The Morgan fingerprint density at radius 2 is 1.68 bits per heavy atom. The Morgan fingerprint density at radius 1 is 0.955 bits per heavy atom. The van der Waals surface area contributed by atoms with Gasteiger partial charge in [0.05, 0.1) is 6.61 Å². The first-order chi connectivity index (χ1) is 10.8. The van der Waals surface area contributed by atoms with E-state index in [9.17, 15) is 4.79 Å². The molecular formula is C18H20O4. The van der Waals surface area contributed by atoms with Crippen molar-refractivity contribution in [1.82, 2.24) is 0 Å². The number of benzene rings is 2. The highest BCUT2D eigenvalue weighted by Gasteiger charge is 2.11. The molecule has 0 spiro atoms. The predicted octanol–water partition coefficient (Wildman–Crippen LogP) is 4.58. The van der Waals surface area contributed by atoms with Crippen LogP contribution in [0.5, 0.6) is 11.5 Å². The molecule has 0 bridgehead atoms. The van der Waals surface area contributed by atoms with E-state index in [1.54, 1.807) is 36.4 Å². The molecule has 0 fully saturated rings. The molecule has 4 heteroatoms. The van der Waals surface area contributed by atoms with Gasteiger partial charge in [-0.15, -0.1) is 0 Å². The topological polar surface area (TPSA) is 44.8 Å². The second-order valence-electron chi connectivity index (χ2n) is 4.78. The smallest absolute Gasteiger partial charge is 0.395 e. The minimum absolute atomic E-state index is 0.411. The van der Waals surface area contributed by atoms with Gasteiger partial charge in [0.25, 0.3) is 0 Å². The van der Waals surface area contributed by atoms with Gasteiger partial charge in [-0.3, -0.25) is 0 Å². The molecule has 2 aromatic carbocycles. The molecule has 0 heterocycles. The van der Waals surface area contributed by atoms with E-state index < -0.39 is 6.16 Å². The Labute approximate surface area is 130 Å². The highest BCUT2D eigenvalue weighted by Crippen LogP contribution is 2.20. The zero-order chi connectivity index (χ0) is 15.6. The third-order valence-electron chi connectivity index (χ3n) is 3.01. The molecule has 4 nitrogen and oxygen atoms in total. The third-order valence-corrected chi connectivity index (χ3v) is 3.01. The molecule has 116 valence electrons. The van der Waals surface area contributed by atoms with Crippen LogP contribution in [-0.4, -0.2) is 12.8 Å². The van der Waals surface area contributed by atoms with Crippen molar-refractivity contribution in [2.45, 2.75) is 26.4 Å². The summed E-state index contributed by atoms with van der Waals surface area (Å²) in [5, 5.41) is 0. The van der Waals surface area contributed by atoms with Gasteiger partial charge in [0, 0.05) is 12.2 Å². The van der Waals surface area contributed by atoms with Crippen LogP contribution in [0.3, 0.4) is 0 Å². The van der Waals surface area contributed by atoms with Crippen LogP contribution < -0.4 is 9.47 Å². The van der Waals surface area contributed by atoms with Crippen molar-refractivity contribution in [3.05, 3.63) is 60.2 Å². The van der Waals surface area contributed by atoms with Crippen LogP contribution in [0, 0.1) is 0 Å². The lowest BCUT2D eigenvalue weighted by atomic mass is 10.2. The lowest BCUT2D eigenvalue weighted by molar-refractivity contribution is 0.114. The maximum absolute atomic E-state index is 11.8. The van der Waals surface area contributed by atoms with Crippen molar-refractivity contribution in [3.8, 4) is 11.5 Å². The third kappa shape index (κ3) is 5.22. The summed E-state index contributed by atoms with van der Waals surface area (Å²) in [6.45, 7) is 3.22. The van der Waals surface area contributed by atoms with Crippen LogP contribution in [0.15, 0.2) is 54.6 Å². The summed E-state index contributed by atoms with van der Waals surface area (Å²) < 4.78 is 15.9. The number of rotatable bonds is 7. The fraction of sp³-hybridized carbons (Fsp3) is 0.278. The average Bonchev–Trinajstić information content (AvgIpc) is 2.54. The molecule has 0 aliphatic rings. The maximum Gasteiger partial charge on any atom is 0.519 e. The van der Waals surface area contributed by atoms with E-state index in [-0.39, 0.29) is 0 Å². The number of para-hydroxylation sites is 2. The first kappa shape index (κ1) is 16.0. The Balaban J connectivity index is 1.92. The molecule has 0 saturated carbocycles. The summed E-state index contributed by atoms with van der Waals surface area (Å²) in [5.41, 5.74) is 0.823. The fourth-order valence-electron chi connectivity index (χ4n) is 1.85. The molecular weight excluding hydrogens is 280 g/mol. The molecule has 0 aromatic heterocycles. The van der Waals surface area contributed by atoms with Crippen molar-refractivity contribution in [2.24, 2.45) is 0 Å². The number of carbonyl (C=O) groups is 1. The van der Waals surface area contributed by atoms with E-state index in [0.29, 0.717) is 24.7 Å². The number of carbonyl (C=O) groups excluding carboxylic acids is 1. The Kier molecular flexibility index (Phi) is 6.45. The summed E-state index contributed by atoms with van der Waals surface area (Å²) in [6.07, 6.45) is 1.34. The molecule has 0 amide bonds. The number of unbranched alkanes of at least 4 members (excludes halogenated alkanes) is 1. The largest absolute Gasteiger partial charge is 0.519 e.